The molecule has 2 rings (SSSR count). The molecule has 130 valence electrons. The largest absolute Gasteiger partial charge is 0.417 e. The lowest BCUT2D eigenvalue weighted by molar-refractivity contribution is -0.137. The van der Waals surface area contributed by atoms with Crippen molar-refractivity contribution in [2.45, 2.75) is 19.0 Å². The molecule has 0 aromatic heterocycles. The molecule has 2 N–H and O–H groups in total. The zero-order valence-electron chi connectivity index (χ0n) is 12.6. The van der Waals surface area contributed by atoms with E-state index >= 15 is 0 Å². The van der Waals surface area contributed by atoms with Gasteiger partial charge in [0.2, 0.25) is 11.8 Å². The van der Waals surface area contributed by atoms with E-state index in [9.17, 15) is 22.8 Å². The van der Waals surface area contributed by atoms with Gasteiger partial charge in [-0.25, -0.2) is 0 Å². The number of halogens is 4. The average molecular weight is 361 g/mol. The van der Waals surface area contributed by atoms with E-state index in [4.69, 9.17) is 11.6 Å². The summed E-state index contributed by atoms with van der Waals surface area (Å²) in [6.07, 6.45) is -0.345. The first-order valence-corrected chi connectivity index (χ1v) is 7.75. The smallest absolute Gasteiger partial charge is 0.354 e. The maximum atomic E-state index is 12.7. The van der Waals surface area contributed by atoms with Crippen LogP contribution in [0.3, 0.4) is 0 Å². The van der Waals surface area contributed by atoms with Crippen molar-refractivity contribution < 1.29 is 22.8 Å². The Kier molecular flexibility index (Phi) is 5.88. The SMILES string of the molecule is O=C(C=Cc1ccc(Cl)c(C(F)(F)F)c1)NCCNC(=O)C1CC1. The number of carbonyl (C=O) groups excluding carboxylic acids is 2. The van der Waals surface area contributed by atoms with Gasteiger partial charge in [-0.15, -0.1) is 0 Å². The molecule has 0 radical (unpaired) electrons. The molecular weight excluding hydrogens is 345 g/mol. The molecule has 8 heteroatoms. The highest BCUT2D eigenvalue weighted by Gasteiger charge is 2.33. The first-order valence-electron chi connectivity index (χ1n) is 7.38. The second-order valence-electron chi connectivity index (χ2n) is 5.43. The van der Waals surface area contributed by atoms with Crippen molar-refractivity contribution in [1.82, 2.24) is 10.6 Å². The third-order valence-electron chi connectivity index (χ3n) is 3.39. The van der Waals surface area contributed by atoms with E-state index in [0.717, 1.165) is 31.1 Å². The molecule has 1 fully saturated rings. The highest BCUT2D eigenvalue weighted by Crippen LogP contribution is 2.35. The van der Waals surface area contributed by atoms with Gasteiger partial charge in [0.15, 0.2) is 0 Å². The van der Waals surface area contributed by atoms with Gasteiger partial charge in [0, 0.05) is 25.1 Å². The fraction of sp³-hybridized carbons (Fsp3) is 0.375. The Balaban J connectivity index is 1.81. The molecule has 0 atom stereocenters. The molecule has 0 unspecified atom stereocenters. The number of carbonyl (C=O) groups is 2. The number of hydrogen-bond donors (Lipinski definition) is 2. The quantitative estimate of drug-likeness (QED) is 0.605. The number of alkyl halides is 3. The summed E-state index contributed by atoms with van der Waals surface area (Å²) in [4.78, 5) is 23.0. The van der Waals surface area contributed by atoms with E-state index < -0.39 is 22.7 Å². The van der Waals surface area contributed by atoms with Gasteiger partial charge >= 0.3 is 6.18 Å². The van der Waals surface area contributed by atoms with Crippen molar-refractivity contribution in [2.24, 2.45) is 5.92 Å². The van der Waals surface area contributed by atoms with Crippen LogP contribution in [0, 0.1) is 5.92 Å². The Hall–Kier alpha value is -2.02. The summed E-state index contributed by atoms with van der Waals surface area (Å²) in [5.41, 5.74) is -0.738. The van der Waals surface area contributed by atoms with E-state index in [1.54, 1.807) is 0 Å². The molecule has 1 aliphatic carbocycles. The van der Waals surface area contributed by atoms with Crippen LogP contribution < -0.4 is 10.6 Å². The summed E-state index contributed by atoms with van der Waals surface area (Å²) in [6.45, 7) is 0.560. The Morgan fingerprint density at radius 3 is 2.50 bits per heavy atom. The molecule has 1 aliphatic rings. The van der Waals surface area contributed by atoms with Crippen LogP contribution in [0.4, 0.5) is 13.2 Å². The topological polar surface area (TPSA) is 58.2 Å². The monoisotopic (exact) mass is 360 g/mol. The van der Waals surface area contributed by atoms with Crippen molar-refractivity contribution in [3.05, 3.63) is 40.4 Å². The molecular formula is C16H16ClF3N2O2. The second kappa shape index (κ2) is 7.70. The Morgan fingerprint density at radius 2 is 1.88 bits per heavy atom. The number of hydrogen-bond acceptors (Lipinski definition) is 2. The fourth-order valence-electron chi connectivity index (χ4n) is 1.96. The summed E-state index contributed by atoms with van der Waals surface area (Å²) in [5, 5.41) is 4.83. The van der Waals surface area contributed by atoms with Gasteiger partial charge in [-0.05, 0) is 36.6 Å². The minimum Gasteiger partial charge on any atom is -0.354 e. The summed E-state index contributed by atoms with van der Waals surface area (Å²) in [5.74, 6) is -0.367. The summed E-state index contributed by atoms with van der Waals surface area (Å²) in [7, 11) is 0. The molecule has 0 bridgehead atoms. The van der Waals surface area contributed by atoms with Crippen molar-refractivity contribution >= 4 is 29.5 Å². The number of benzene rings is 1. The van der Waals surface area contributed by atoms with E-state index in [1.165, 1.54) is 12.1 Å². The lowest BCUT2D eigenvalue weighted by Crippen LogP contribution is -2.34. The van der Waals surface area contributed by atoms with Crippen LogP contribution in [0.5, 0.6) is 0 Å². The van der Waals surface area contributed by atoms with Gasteiger partial charge in [0.05, 0.1) is 10.6 Å². The van der Waals surface area contributed by atoms with E-state index in [0.29, 0.717) is 6.54 Å². The van der Waals surface area contributed by atoms with Crippen LogP contribution in [0.25, 0.3) is 6.08 Å². The molecule has 0 spiro atoms. The molecule has 0 aliphatic heterocycles. The summed E-state index contributed by atoms with van der Waals surface area (Å²) in [6, 6.07) is 3.40. The minimum absolute atomic E-state index is 0.0133. The predicted octanol–water partition coefficient (Wildman–Crippen LogP) is 3.01. The lowest BCUT2D eigenvalue weighted by atomic mass is 10.1. The first-order chi connectivity index (χ1) is 11.3. The number of amides is 2. The van der Waals surface area contributed by atoms with Crippen molar-refractivity contribution in [1.29, 1.82) is 0 Å². The molecule has 0 saturated heterocycles. The molecule has 1 saturated carbocycles. The summed E-state index contributed by atoms with van der Waals surface area (Å²) < 4.78 is 38.2. The third kappa shape index (κ3) is 5.56. The molecule has 1 aromatic carbocycles. The van der Waals surface area contributed by atoms with Crippen LogP contribution >= 0.6 is 11.6 Å². The predicted molar refractivity (Wildman–Crippen MR) is 84.2 cm³/mol. The van der Waals surface area contributed by atoms with Crippen LogP contribution in [0.2, 0.25) is 5.02 Å². The van der Waals surface area contributed by atoms with Crippen molar-refractivity contribution in [2.75, 3.05) is 13.1 Å². The van der Waals surface area contributed by atoms with Gasteiger partial charge in [-0.2, -0.15) is 13.2 Å². The highest BCUT2D eigenvalue weighted by atomic mass is 35.5. The van der Waals surface area contributed by atoms with Crippen LogP contribution in [-0.2, 0) is 15.8 Å². The fourth-order valence-corrected chi connectivity index (χ4v) is 2.18. The molecule has 1 aromatic rings. The van der Waals surface area contributed by atoms with Crippen LogP contribution in [-0.4, -0.2) is 24.9 Å². The first kappa shape index (κ1) is 18.3. The maximum absolute atomic E-state index is 12.7. The highest BCUT2D eigenvalue weighted by molar-refractivity contribution is 6.31. The van der Waals surface area contributed by atoms with Gasteiger partial charge in [-0.3, -0.25) is 9.59 Å². The minimum atomic E-state index is -4.55. The third-order valence-corrected chi connectivity index (χ3v) is 3.72. The average Bonchev–Trinajstić information content (AvgIpc) is 3.34. The summed E-state index contributed by atoms with van der Waals surface area (Å²) >= 11 is 5.52. The van der Waals surface area contributed by atoms with E-state index in [1.807, 2.05) is 0 Å². The molecule has 24 heavy (non-hydrogen) atoms. The van der Waals surface area contributed by atoms with Gasteiger partial charge in [-0.1, -0.05) is 17.7 Å². The van der Waals surface area contributed by atoms with Crippen molar-refractivity contribution in [3.63, 3.8) is 0 Å². The van der Waals surface area contributed by atoms with Crippen LogP contribution in [0.15, 0.2) is 24.3 Å². The lowest BCUT2D eigenvalue weighted by Gasteiger charge is -2.09. The molecule has 0 heterocycles. The van der Waals surface area contributed by atoms with E-state index in [2.05, 4.69) is 10.6 Å². The zero-order valence-corrected chi connectivity index (χ0v) is 13.4. The number of nitrogens with one attached hydrogen (secondary N) is 2. The standard InChI is InChI=1S/C16H16ClF3N2O2/c17-13-5-1-10(9-12(13)16(18,19)20)2-6-14(23)21-7-8-22-15(24)11-3-4-11/h1-2,5-6,9,11H,3-4,7-8H2,(H,21,23)(H,22,24). The van der Waals surface area contributed by atoms with Gasteiger partial charge < -0.3 is 10.6 Å². The number of rotatable bonds is 6. The van der Waals surface area contributed by atoms with Crippen molar-refractivity contribution in [3.8, 4) is 0 Å². The van der Waals surface area contributed by atoms with Gasteiger partial charge in [0.25, 0.3) is 0 Å². The van der Waals surface area contributed by atoms with E-state index in [-0.39, 0.29) is 23.9 Å². The Labute approximate surface area is 142 Å². The Bertz CT molecular complexity index is 655. The Morgan fingerprint density at radius 1 is 1.21 bits per heavy atom. The second-order valence-corrected chi connectivity index (χ2v) is 5.83. The maximum Gasteiger partial charge on any atom is 0.417 e. The zero-order chi connectivity index (χ0) is 17.7. The molecule has 4 nitrogen and oxygen atoms in total. The van der Waals surface area contributed by atoms with Gasteiger partial charge in [0.1, 0.15) is 0 Å². The normalized spacial score (nSPS) is 14.7. The molecule has 2 amide bonds. The van der Waals surface area contributed by atoms with Crippen LogP contribution in [0.1, 0.15) is 24.0 Å².